The monoisotopic (exact) mass is 275 g/mol. The predicted molar refractivity (Wildman–Crippen MR) is 89.3 cm³/mol. The van der Waals surface area contributed by atoms with Crippen LogP contribution in [0.25, 0.3) is 5.57 Å². The molecule has 21 heavy (non-hydrogen) atoms. The second kappa shape index (κ2) is 5.07. The van der Waals surface area contributed by atoms with E-state index in [9.17, 15) is 0 Å². The minimum absolute atomic E-state index is 0.591. The number of anilines is 1. The largest absolute Gasteiger partial charge is 0.399 e. The molecule has 0 aromatic heterocycles. The van der Waals surface area contributed by atoms with Crippen LogP contribution in [0.2, 0.25) is 0 Å². The van der Waals surface area contributed by atoms with Gasteiger partial charge in [-0.15, -0.1) is 0 Å². The molecule has 1 nitrogen and oxygen atoms in total. The molecule has 2 aromatic rings. The maximum atomic E-state index is 5.90. The highest BCUT2D eigenvalue weighted by molar-refractivity contribution is 5.75. The zero-order valence-corrected chi connectivity index (χ0v) is 12.3. The Balaban J connectivity index is 1.72. The van der Waals surface area contributed by atoms with Crippen molar-refractivity contribution in [2.24, 2.45) is 0 Å². The van der Waals surface area contributed by atoms with Crippen LogP contribution in [0.15, 0.2) is 48.5 Å². The summed E-state index contributed by atoms with van der Waals surface area (Å²) in [5, 5.41) is 0. The van der Waals surface area contributed by atoms with E-state index in [1.807, 2.05) is 6.07 Å². The first-order valence-corrected chi connectivity index (χ1v) is 7.98. The number of nitrogens with two attached hydrogens (primary N) is 1. The molecule has 4 rings (SSSR count). The second-order valence-corrected chi connectivity index (χ2v) is 6.31. The number of nitrogen functional groups attached to an aromatic ring is 1. The van der Waals surface area contributed by atoms with Crippen LogP contribution in [0.3, 0.4) is 0 Å². The van der Waals surface area contributed by atoms with E-state index in [0.717, 1.165) is 18.5 Å². The molecule has 2 aliphatic carbocycles. The summed E-state index contributed by atoms with van der Waals surface area (Å²) < 4.78 is 0. The van der Waals surface area contributed by atoms with Crippen LogP contribution in [0, 0.1) is 0 Å². The zero-order chi connectivity index (χ0) is 14.2. The van der Waals surface area contributed by atoms with E-state index in [1.54, 1.807) is 11.1 Å². The highest BCUT2D eigenvalue weighted by atomic mass is 14.5. The van der Waals surface area contributed by atoms with Crippen LogP contribution >= 0.6 is 0 Å². The lowest BCUT2D eigenvalue weighted by Crippen LogP contribution is -2.07. The first kappa shape index (κ1) is 12.7. The molecule has 0 spiro atoms. The average Bonchev–Trinajstić information content (AvgIpc) is 2.90. The van der Waals surface area contributed by atoms with Crippen molar-refractivity contribution in [2.75, 3.05) is 5.73 Å². The lowest BCUT2D eigenvalue weighted by Gasteiger charge is -2.23. The molecule has 0 heterocycles. The Morgan fingerprint density at radius 2 is 1.86 bits per heavy atom. The summed E-state index contributed by atoms with van der Waals surface area (Å²) in [7, 11) is 0. The normalized spacial score (nSPS) is 22.1. The second-order valence-electron chi connectivity index (χ2n) is 6.31. The van der Waals surface area contributed by atoms with Gasteiger partial charge in [-0.1, -0.05) is 36.4 Å². The predicted octanol–water partition coefficient (Wildman–Crippen LogP) is 4.72. The Morgan fingerprint density at radius 1 is 0.952 bits per heavy atom. The smallest absolute Gasteiger partial charge is 0.0317 e. The summed E-state index contributed by atoms with van der Waals surface area (Å²) in [4.78, 5) is 0. The fourth-order valence-corrected chi connectivity index (χ4v) is 3.92. The summed E-state index contributed by atoms with van der Waals surface area (Å²) in [6, 6.07) is 15.3. The zero-order valence-electron chi connectivity index (χ0n) is 12.3. The van der Waals surface area contributed by atoms with Crippen molar-refractivity contribution in [3.05, 3.63) is 70.8 Å². The van der Waals surface area contributed by atoms with Gasteiger partial charge in [0, 0.05) is 11.6 Å². The maximum Gasteiger partial charge on any atom is 0.0317 e. The van der Waals surface area contributed by atoms with Gasteiger partial charge < -0.3 is 5.73 Å². The standard InChI is InChI=1S/C20H21N/c21-18-10-11-20-16(8-9-17(20)13-18)12-15-6-3-5-14-4-1-2-7-19(14)15/h1-2,4,7,10-13,15H,3,5-6,8-9,21H2. The number of fused-ring (bicyclic) bond motifs is 2. The quantitative estimate of drug-likeness (QED) is 0.749. The number of benzene rings is 2. The van der Waals surface area contributed by atoms with E-state index in [2.05, 4.69) is 42.5 Å². The summed E-state index contributed by atoms with van der Waals surface area (Å²) >= 11 is 0. The fraction of sp³-hybridized carbons (Fsp3) is 0.300. The Bertz CT molecular complexity index is 712. The third-order valence-corrected chi connectivity index (χ3v) is 4.96. The molecule has 1 unspecified atom stereocenters. The molecule has 0 saturated heterocycles. The molecule has 1 heteroatoms. The minimum atomic E-state index is 0.591. The Kier molecular flexibility index (Phi) is 3.07. The number of allylic oxidation sites excluding steroid dienone is 2. The van der Waals surface area contributed by atoms with Crippen molar-refractivity contribution in [1.29, 1.82) is 0 Å². The van der Waals surface area contributed by atoms with Crippen molar-refractivity contribution >= 4 is 11.3 Å². The molecular weight excluding hydrogens is 254 g/mol. The van der Waals surface area contributed by atoms with Crippen molar-refractivity contribution in [1.82, 2.24) is 0 Å². The summed E-state index contributed by atoms with van der Waals surface area (Å²) in [5.41, 5.74) is 14.2. The Labute approximate surface area is 126 Å². The average molecular weight is 275 g/mol. The topological polar surface area (TPSA) is 26.0 Å². The van der Waals surface area contributed by atoms with Gasteiger partial charge in [-0.3, -0.25) is 0 Å². The number of hydrogen-bond acceptors (Lipinski definition) is 1. The molecular formula is C20H21N. The summed E-state index contributed by atoms with van der Waals surface area (Å²) in [6.07, 6.45) is 8.66. The van der Waals surface area contributed by atoms with Gasteiger partial charge in [0.05, 0.1) is 0 Å². The number of aryl methyl sites for hydroxylation is 2. The first-order chi connectivity index (χ1) is 10.3. The van der Waals surface area contributed by atoms with Crippen LogP contribution in [-0.2, 0) is 12.8 Å². The first-order valence-electron chi connectivity index (χ1n) is 7.98. The van der Waals surface area contributed by atoms with Crippen LogP contribution < -0.4 is 5.73 Å². The van der Waals surface area contributed by atoms with Crippen molar-refractivity contribution in [2.45, 2.75) is 38.0 Å². The molecule has 1 atom stereocenters. The van der Waals surface area contributed by atoms with Crippen LogP contribution in [0.4, 0.5) is 5.69 Å². The third-order valence-electron chi connectivity index (χ3n) is 4.96. The van der Waals surface area contributed by atoms with E-state index in [-0.39, 0.29) is 0 Å². The molecule has 0 amide bonds. The molecule has 0 aliphatic heterocycles. The van der Waals surface area contributed by atoms with Crippen LogP contribution in [0.1, 0.15) is 47.4 Å². The Morgan fingerprint density at radius 3 is 2.81 bits per heavy atom. The van der Waals surface area contributed by atoms with Gasteiger partial charge in [0.2, 0.25) is 0 Å². The summed E-state index contributed by atoms with van der Waals surface area (Å²) in [5.74, 6) is 0.591. The van der Waals surface area contributed by atoms with Crippen LogP contribution in [-0.4, -0.2) is 0 Å². The van der Waals surface area contributed by atoms with Crippen molar-refractivity contribution in [3.8, 4) is 0 Å². The fourth-order valence-electron chi connectivity index (χ4n) is 3.92. The maximum absolute atomic E-state index is 5.90. The molecule has 2 aliphatic rings. The molecule has 0 radical (unpaired) electrons. The molecule has 106 valence electrons. The molecule has 0 saturated carbocycles. The molecule has 0 fully saturated rings. The van der Waals surface area contributed by atoms with E-state index >= 15 is 0 Å². The minimum Gasteiger partial charge on any atom is -0.399 e. The van der Waals surface area contributed by atoms with Gasteiger partial charge in [0.25, 0.3) is 0 Å². The van der Waals surface area contributed by atoms with E-state index in [4.69, 9.17) is 5.73 Å². The van der Waals surface area contributed by atoms with Crippen molar-refractivity contribution < 1.29 is 0 Å². The van der Waals surface area contributed by atoms with Crippen LogP contribution in [0.5, 0.6) is 0 Å². The SMILES string of the molecule is Nc1ccc2c(c1)CCC2=CC1CCCc2ccccc21. The van der Waals surface area contributed by atoms with Gasteiger partial charge >= 0.3 is 0 Å². The highest BCUT2D eigenvalue weighted by Crippen LogP contribution is 2.39. The van der Waals surface area contributed by atoms with Gasteiger partial charge in [0.15, 0.2) is 0 Å². The summed E-state index contributed by atoms with van der Waals surface area (Å²) in [6.45, 7) is 0. The lowest BCUT2D eigenvalue weighted by atomic mass is 9.81. The van der Waals surface area contributed by atoms with Gasteiger partial charge in [-0.2, -0.15) is 0 Å². The van der Waals surface area contributed by atoms with Crippen molar-refractivity contribution in [3.63, 3.8) is 0 Å². The number of hydrogen-bond donors (Lipinski definition) is 1. The lowest BCUT2D eigenvalue weighted by molar-refractivity contribution is 0.629. The molecule has 2 aromatic carbocycles. The third kappa shape index (κ3) is 2.27. The van der Waals surface area contributed by atoms with Gasteiger partial charge in [-0.05, 0) is 72.1 Å². The van der Waals surface area contributed by atoms with E-state index in [0.29, 0.717) is 5.92 Å². The molecule has 0 bridgehead atoms. The highest BCUT2D eigenvalue weighted by Gasteiger charge is 2.21. The molecule has 2 N–H and O–H groups in total. The van der Waals surface area contributed by atoms with E-state index in [1.165, 1.54) is 36.0 Å². The van der Waals surface area contributed by atoms with E-state index < -0.39 is 0 Å². The number of rotatable bonds is 1. The Hall–Kier alpha value is -2.02. The van der Waals surface area contributed by atoms with Gasteiger partial charge in [0.1, 0.15) is 0 Å². The van der Waals surface area contributed by atoms with Gasteiger partial charge in [-0.25, -0.2) is 0 Å².